The molecule has 32 heavy (non-hydrogen) atoms. The summed E-state index contributed by atoms with van der Waals surface area (Å²) in [5.41, 5.74) is 6.22. The molecule has 1 fully saturated rings. The maximum absolute atomic E-state index is 12.9. The third-order valence-corrected chi connectivity index (χ3v) is 5.68. The van der Waals surface area contributed by atoms with Gasteiger partial charge in [0.1, 0.15) is 0 Å². The van der Waals surface area contributed by atoms with Gasteiger partial charge in [0.2, 0.25) is 0 Å². The van der Waals surface area contributed by atoms with Crippen molar-refractivity contribution in [1.82, 2.24) is 15.8 Å². The fourth-order valence-electron chi connectivity index (χ4n) is 3.52. The van der Waals surface area contributed by atoms with Gasteiger partial charge < -0.3 is 15.4 Å². The van der Waals surface area contributed by atoms with E-state index in [9.17, 15) is 22.8 Å². The van der Waals surface area contributed by atoms with Crippen molar-refractivity contribution < 1.29 is 27.9 Å². The molecule has 1 saturated heterocycles. The molecule has 1 aromatic rings. The zero-order valence-electron chi connectivity index (χ0n) is 17.4. The van der Waals surface area contributed by atoms with Crippen molar-refractivity contribution in [2.75, 3.05) is 18.1 Å². The molecule has 0 spiro atoms. The van der Waals surface area contributed by atoms with Gasteiger partial charge in [-0.3, -0.25) is 15.0 Å². The van der Waals surface area contributed by atoms with Crippen LogP contribution in [0.3, 0.4) is 0 Å². The molecule has 172 valence electrons. The number of carboxylic acids is 1. The zero-order valence-corrected chi connectivity index (χ0v) is 18.2. The summed E-state index contributed by atoms with van der Waals surface area (Å²) in [5, 5.41) is 14.7. The van der Waals surface area contributed by atoms with Gasteiger partial charge in [-0.1, -0.05) is 0 Å². The van der Waals surface area contributed by atoms with E-state index in [1.165, 1.54) is 12.1 Å². The van der Waals surface area contributed by atoms with E-state index < -0.39 is 23.6 Å². The number of hydrazine groups is 1. The number of amides is 1. The van der Waals surface area contributed by atoms with E-state index in [1.807, 2.05) is 4.90 Å². The molecule has 0 radical (unpaired) electrons. The molecule has 0 atom stereocenters. The van der Waals surface area contributed by atoms with E-state index in [2.05, 4.69) is 16.0 Å². The number of thiocarbonyl (C=S) groups is 1. The number of nitrogens with zero attached hydrogens (tertiary/aromatic N) is 3. The minimum Gasteiger partial charge on any atom is -0.481 e. The lowest BCUT2D eigenvalue weighted by Gasteiger charge is -2.32. The van der Waals surface area contributed by atoms with Gasteiger partial charge in [0.05, 0.1) is 28.5 Å². The molecule has 2 aliphatic rings. The van der Waals surface area contributed by atoms with Crippen LogP contribution in [0.4, 0.5) is 18.9 Å². The lowest BCUT2D eigenvalue weighted by atomic mass is 9.97. The number of benzene rings is 1. The summed E-state index contributed by atoms with van der Waals surface area (Å²) in [5.74, 6) is -1.67. The summed E-state index contributed by atoms with van der Waals surface area (Å²) in [6.45, 7) is 4.27. The Labute approximate surface area is 187 Å². The number of hydrogen-bond donors (Lipinski definition) is 3. The SMILES string of the molecule is CC1=NN(c2ccc(C(F)(F)F)cc2)C(=O)/C1=C(/C)NNC(=S)N1CCC(C(=O)O)CC1. The van der Waals surface area contributed by atoms with Gasteiger partial charge in [-0.15, -0.1) is 0 Å². The van der Waals surface area contributed by atoms with Crippen LogP contribution < -0.4 is 15.9 Å². The highest BCUT2D eigenvalue weighted by atomic mass is 32.1. The van der Waals surface area contributed by atoms with E-state index in [0.29, 0.717) is 42.5 Å². The Balaban J connectivity index is 1.64. The minimum atomic E-state index is -4.47. The number of piperidine rings is 1. The Morgan fingerprint density at radius 3 is 2.31 bits per heavy atom. The van der Waals surface area contributed by atoms with Crippen molar-refractivity contribution in [3.8, 4) is 0 Å². The third-order valence-electron chi connectivity index (χ3n) is 5.32. The van der Waals surface area contributed by atoms with Crippen LogP contribution in [-0.4, -0.2) is 45.8 Å². The van der Waals surface area contributed by atoms with Crippen molar-refractivity contribution in [2.45, 2.75) is 32.9 Å². The standard InChI is InChI=1S/C20H22F3N5O3S/c1-11(24-25-19(32)27-9-7-13(8-10-27)18(30)31)16-12(2)26-28(17(16)29)15-5-3-14(4-6-15)20(21,22)23/h3-6,13,24H,7-10H2,1-2H3,(H,25,32)(H,30,31)/b16-11-. The Hall–Kier alpha value is -3.15. The smallest absolute Gasteiger partial charge is 0.416 e. The highest BCUT2D eigenvalue weighted by molar-refractivity contribution is 7.80. The van der Waals surface area contributed by atoms with Crippen LogP contribution in [0.5, 0.6) is 0 Å². The van der Waals surface area contributed by atoms with Crippen molar-refractivity contribution in [1.29, 1.82) is 0 Å². The Morgan fingerprint density at radius 1 is 1.19 bits per heavy atom. The fourth-order valence-corrected chi connectivity index (χ4v) is 3.76. The van der Waals surface area contributed by atoms with Crippen LogP contribution >= 0.6 is 12.2 Å². The van der Waals surface area contributed by atoms with Crippen molar-refractivity contribution in [3.05, 3.63) is 41.1 Å². The summed E-state index contributed by atoms with van der Waals surface area (Å²) >= 11 is 5.34. The fraction of sp³-hybridized carbons (Fsp3) is 0.400. The summed E-state index contributed by atoms with van der Waals surface area (Å²) in [6, 6.07) is 4.18. The number of hydrazone groups is 1. The quantitative estimate of drug-likeness (QED) is 0.354. The number of carboxylic acid groups (broad SMARTS) is 1. The molecular weight excluding hydrogens is 447 g/mol. The first kappa shape index (κ1) is 23.5. The van der Waals surface area contributed by atoms with Crippen LogP contribution in [0, 0.1) is 5.92 Å². The number of carbonyl (C=O) groups excluding carboxylic acids is 1. The summed E-state index contributed by atoms with van der Waals surface area (Å²) in [6.07, 6.45) is -3.49. The van der Waals surface area contributed by atoms with Gasteiger partial charge in [-0.2, -0.15) is 23.3 Å². The zero-order chi connectivity index (χ0) is 23.6. The predicted octanol–water partition coefficient (Wildman–Crippen LogP) is 2.88. The summed E-state index contributed by atoms with van der Waals surface area (Å²) < 4.78 is 38.3. The molecule has 0 saturated carbocycles. The topological polar surface area (TPSA) is 97.3 Å². The largest absolute Gasteiger partial charge is 0.481 e. The number of rotatable bonds is 4. The van der Waals surface area contributed by atoms with Gasteiger partial charge in [-0.05, 0) is 63.2 Å². The number of hydrogen-bond acceptors (Lipinski definition) is 5. The molecule has 0 bridgehead atoms. The Morgan fingerprint density at radius 2 is 1.78 bits per heavy atom. The van der Waals surface area contributed by atoms with E-state index in [0.717, 1.165) is 17.1 Å². The second-order valence-corrected chi connectivity index (χ2v) is 7.89. The molecule has 2 heterocycles. The molecule has 0 aromatic heterocycles. The minimum absolute atomic E-state index is 0.218. The lowest BCUT2D eigenvalue weighted by molar-refractivity contribution is -0.143. The van der Waals surface area contributed by atoms with Crippen LogP contribution in [0.25, 0.3) is 0 Å². The summed E-state index contributed by atoms with van der Waals surface area (Å²) in [7, 11) is 0. The molecule has 8 nitrogen and oxygen atoms in total. The van der Waals surface area contributed by atoms with E-state index in [4.69, 9.17) is 17.3 Å². The van der Waals surface area contributed by atoms with Gasteiger partial charge in [0.15, 0.2) is 5.11 Å². The average molecular weight is 469 g/mol. The molecule has 0 aliphatic carbocycles. The summed E-state index contributed by atoms with van der Waals surface area (Å²) in [4.78, 5) is 25.8. The number of anilines is 1. The molecule has 0 unspecified atom stereocenters. The Bertz CT molecular complexity index is 983. The van der Waals surface area contributed by atoms with E-state index in [-0.39, 0.29) is 17.2 Å². The maximum Gasteiger partial charge on any atom is 0.416 e. The number of likely N-dealkylation sites (tertiary alicyclic amines) is 1. The van der Waals surface area contributed by atoms with Gasteiger partial charge in [0.25, 0.3) is 5.91 Å². The normalized spacial score (nSPS) is 19.0. The van der Waals surface area contributed by atoms with E-state index >= 15 is 0 Å². The first-order valence-corrected chi connectivity index (χ1v) is 10.2. The van der Waals surface area contributed by atoms with Gasteiger partial charge in [-0.25, -0.2) is 0 Å². The van der Waals surface area contributed by atoms with Crippen molar-refractivity contribution in [3.63, 3.8) is 0 Å². The first-order chi connectivity index (χ1) is 15.0. The first-order valence-electron chi connectivity index (χ1n) is 9.81. The number of alkyl halides is 3. The third kappa shape index (κ3) is 5.01. The number of nitrogens with one attached hydrogen (secondary N) is 2. The molecule has 1 amide bonds. The van der Waals surface area contributed by atoms with Crippen LogP contribution in [0.1, 0.15) is 32.3 Å². The van der Waals surface area contributed by atoms with Crippen LogP contribution in [0.15, 0.2) is 40.6 Å². The molecular formula is C20H22F3N5O3S. The highest BCUT2D eigenvalue weighted by Crippen LogP contribution is 2.32. The van der Waals surface area contributed by atoms with Crippen molar-refractivity contribution >= 4 is 40.6 Å². The number of allylic oxidation sites excluding steroid dienone is 1. The van der Waals surface area contributed by atoms with Gasteiger partial charge >= 0.3 is 12.1 Å². The average Bonchev–Trinajstić information content (AvgIpc) is 3.05. The lowest BCUT2D eigenvalue weighted by Crippen LogP contribution is -2.49. The molecule has 3 N–H and O–H groups in total. The predicted molar refractivity (Wildman–Crippen MR) is 116 cm³/mol. The van der Waals surface area contributed by atoms with Crippen LogP contribution in [0.2, 0.25) is 0 Å². The molecule has 2 aliphatic heterocycles. The molecule has 12 heteroatoms. The second kappa shape index (κ2) is 9.15. The number of aliphatic carboxylic acids is 1. The van der Waals surface area contributed by atoms with E-state index in [1.54, 1.807) is 13.8 Å². The number of carbonyl (C=O) groups is 2. The maximum atomic E-state index is 12.9. The molecule has 3 rings (SSSR count). The highest BCUT2D eigenvalue weighted by Gasteiger charge is 2.33. The number of halogens is 3. The van der Waals surface area contributed by atoms with Crippen LogP contribution in [-0.2, 0) is 15.8 Å². The molecule has 1 aromatic carbocycles. The van der Waals surface area contributed by atoms with Gasteiger partial charge in [0, 0.05) is 18.8 Å². The van der Waals surface area contributed by atoms with Crippen molar-refractivity contribution in [2.24, 2.45) is 11.0 Å². The monoisotopic (exact) mass is 469 g/mol. The second-order valence-electron chi connectivity index (χ2n) is 7.50. The Kier molecular flexibility index (Phi) is 6.72.